The fourth-order valence-electron chi connectivity index (χ4n) is 4.05. The predicted molar refractivity (Wildman–Crippen MR) is 155 cm³/mol. The highest BCUT2D eigenvalue weighted by Gasteiger charge is 2.23. The maximum atomic E-state index is 14.0. The average Bonchev–Trinajstić information content (AvgIpc) is 3.31. The first kappa shape index (κ1) is 29.3. The van der Waals surface area contributed by atoms with Gasteiger partial charge in [-0.25, -0.2) is 4.21 Å². The number of hydrogen-bond donors (Lipinski definition) is 2. The van der Waals surface area contributed by atoms with E-state index in [1.165, 1.54) is 22.8 Å². The van der Waals surface area contributed by atoms with Crippen LogP contribution in [0.2, 0.25) is 0 Å². The number of aliphatic hydroxyl groups is 1. The molecule has 0 radical (unpaired) electrons. The Morgan fingerprint density at radius 1 is 1.02 bits per heavy atom. The zero-order valence-corrected chi connectivity index (χ0v) is 23.7. The van der Waals surface area contributed by atoms with Gasteiger partial charge in [-0.15, -0.1) is 0 Å². The lowest BCUT2D eigenvalue weighted by Gasteiger charge is -2.17. The lowest BCUT2D eigenvalue weighted by molar-refractivity contribution is -0.127. The minimum absolute atomic E-state index is 0.0598. The number of nitrogens with zero attached hydrogens (tertiary/aromatic N) is 5. The van der Waals surface area contributed by atoms with Gasteiger partial charge in [0.25, 0.3) is 11.8 Å². The highest BCUT2D eigenvalue weighted by Crippen LogP contribution is 2.24. The second kappa shape index (κ2) is 12.7. The van der Waals surface area contributed by atoms with E-state index in [0.717, 1.165) is 5.69 Å². The van der Waals surface area contributed by atoms with Gasteiger partial charge in [-0.3, -0.25) is 24.0 Å². The molecule has 2 heterocycles. The number of aryl methyl sites for hydroxylation is 2. The average molecular weight is 575 g/mol. The normalized spacial score (nSPS) is 12.3. The molecule has 0 aliphatic heterocycles. The monoisotopic (exact) mass is 574 g/mol. The Morgan fingerprint density at radius 2 is 1.78 bits per heavy atom. The first-order valence-electron chi connectivity index (χ1n) is 12.7. The molecule has 0 aliphatic rings. The van der Waals surface area contributed by atoms with E-state index in [1.807, 2.05) is 0 Å². The fourth-order valence-corrected chi connectivity index (χ4v) is 5.90. The Balaban J connectivity index is 1.63. The van der Waals surface area contributed by atoms with E-state index in [-0.39, 0.29) is 29.5 Å². The van der Waals surface area contributed by atoms with Crippen LogP contribution in [0.3, 0.4) is 0 Å². The number of rotatable bonds is 9. The van der Waals surface area contributed by atoms with Crippen molar-refractivity contribution in [1.82, 2.24) is 19.7 Å². The number of anilines is 1. The summed E-state index contributed by atoms with van der Waals surface area (Å²) in [7, 11) is -0.313. The van der Waals surface area contributed by atoms with E-state index in [2.05, 4.69) is 19.8 Å². The number of benzene rings is 2. The van der Waals surface area contributed by atoms with Gasteiger partial charge in [0.1, 0.15) is 11.4 Å². The first-order valence-corrected chi connectivity index (χ1v) is 14.3. The van der Waals surface area contributed by atoms with Gasteiger partial charge in [-0.2, -0.15) is 9.46 Å². The number of carbonyl (C=O) groups is 3. The summed E-state index contributed by atoms with van der Waals surface area (Å²) in [4.78, 5) is 44.4. The van der Waals surface area contributed by atoms with E-state index in [0.29, 0.717) is 22.5 Å². The summed E-state index contributed by atoms with van der Waals surface area (Å²) in [6.45, 7) is 1.61. The van der Waals surface area contributed by atoms with E-state index in [9.17, 15) is 18.6 Å². The summed E-state index contributed by atoms with van der Waals surface area (Å²) >= 11 is 0. The Kier molecular flexibility index (Phi) is 9.05. The van der Waals surface area contributed by atoms with Crippen LogP contribution in [0.15, 0.2) is 88.4 Å². The lowest BCUT2D eigenvalue weighted by atomic mass is 10.1. The molecule has 0 spiro atoms. The molecule has 12 heteroatoms. The first-order chi connectivity index (χ1) is 19.6. The molecule has 11 nitrogen and oxygen atoms in total. The highest BCUT2D eigenvalue weighted by atomic mass is 32.2. The molecule has 0 saturated heterocycles. The Labute approximate surface area is 238 Å². The molecule has 2 aromatic carbocycles. The van der Waals surface area contributed by atoms with Crippen LogP contribution < -0.4 is 5.32 Å². The van der Waals surface area contributed by atoms with Gasteiger partial charge in [-0.1, -0.05) is 30.3 Å². The van der Waals surface area contributed by atoms with Crippen molar-refractivity contribution in [3.63, 3.8) is 0 Å². The molecule has 3 amide bonds. The molecule has 4 aromatic rings. The third-order valence-corrected chi connectivity index (χ3v) is 8.30. The SMILES string of the molecule is Cc1cc(C(=O)Nc2cccc(-c3cncc(C(=O)N=[S@](=O)(CC(=O)N(C)CCO)c4ccccc4)c3)c2)n(C)n1. The van der Waals surface area contributed by atoms with Crippen LogP contribution >= 0.6 is 0 Å². The third-order valence-electron chi connectivity index (χ3n) is 6.20. The maximum absolute atomic E-state index is 14.0. The highest BCUT2D eigenvalue weighted by molar-refractivity contribution is 7.94. The molecule has 1 atom stereocenters. The number of aliphatic hydroxyl groups excluding tert-OH is 1. The largest absolute Gasteiger partial charge is 0.395 e. The summed E-state index contributed by atoms with van der Waals surface area (Å²) in [6, 6.07) is 18.4. The van der Waals surface area contributed by atoms with E-state index in [1.54, 1.807) is 86.9 Å². The molecule has 4 rings (SSSR count). The third kappa shape index (κ3) is 7.10. The maximum Gasteiger partial charge on any atom is 0.286 e. The van der Waals surface area contributed by atoms with Gasteiger partial charge < -0.3 is 15.3 Å². The number of pyridine rings is 1. The van der Waals surface area contributed by atoms with Crippen LogP contribution in [0.4, 0.5) is 5.69 Å². The molecule has 0 unspecified atom stereocenters. The summed E-state index contributed by atoms with van der Waals surface area (Å²) in [5.74, 6) is -2.15. The molecular formula is C29H30N6O5S. The van der Waals surface area contributed by atoms with Gasteiger partial charge in [-0.05, 0) is 48.9 Å². The van der Waals surface area contributed by atoms with Gasteiger partial charge in [0.15, 0.2) is 0 Å². The van der Waals surface area contributed by atoms with Crippen LogP contribution in [0.1, 0.15) is 26.5 Å². The van der Waals surface area contributed by atoms with Crippen LogP contribution in [0, 0.1) is 6.92 Å². The number of hydrogen-bond acceptors (Lipinski definition) is 7. The van der Waals surface area contributed by atoms with Gasteiger partial charge >= 0.3 is 0 Å². The predicted octanol–water partition coefficient (Wildman–Crippen LogP) is 3.16. The number of aromatic nitrogens is 3. The standard InChI is InChI=1S/C29H30N6O5S/c1-20-14-26(35(3)32-20)29(39)31-24-9-7-8-21(16-24)22-15-23(18-30-17-22)28(38)33-41(40,25-10-5-4-6-11-25)19-27(37)34(2)12-13-36/h4-11,14-18,36H,12-13,19H2,1-3H3,(H,31,39)/t41-/m0/s1. The van der Waals surface area contributed by atoms with E-state index >= 15 is 0 Å². The van der Waals surface area contributed by atoms with Crippen molar-refractivity contribution in [2.75, 3.05) is 31.3 Å². The summed E-state index contributed by atoms with van der Waals surface area (Å²) in [5.41, 5.74) is 3.00. The van der Waals surface area contributed by atoms with E-state index < -0.39 is 27.3 Å². The van der Waals surface area contributed by atoms with Crippen molar-refractivity contribution >= 4 is 33.1 Å². The Hall–Kier alpha value is -4.68. The van der Waals surface area contributed by atoms with Crippen molar-refractivity contribution in [2.24, 2.45) is 11.4 Å². The molecule has 0 bridgehead atoms. The van der Waals surface area contributed by atoms with Crippen molar-refractivity contribution in [3.8, 4) is 11.1 Å². The molecule has 212 valence electrons. The molecule has 0 fully saturated rings. The molecule has 41 heavy (non-hydrogen) atoms. The van der Waals surface area contributed by atoms with Crippen LogP contribution in [-0.4, -0.2) is 72.7 Å². The Bertz CT molecular complexity index is 1710. The molecule has 0 saturated carbocycles. The fraction of sp³-hybridized carbons (Fsp3) is 0.207. The zero-order chi connectivity index (χ0) is 29.6. The smallest absolute Gasteiger partial charge is 0.286 e. The summed E-state index contributed by atoms with van der Waals surface area (Å²) < 4.78 is 19.5. The molecule has 2 aromatic heterocycles. The summed E-state index contributed by atoms with van der Waals surface area (Å²) in [5, 5.41) is 16.2. The quantitative estimate of drug-likeness (QED) is 0.312. The number of likely N-dealkylation sites (N-methyl/N-ethyl adjacent to an activating group) is 1. The van der Waals surface area contributed by atoms with Crippen LogP contribution in [0.5, 0.6) is 0 Å². The van der Waals surface area contributed by atoms with Gasteiger partial charge in [0.05, 0.1) is 27.6 Å². The lowest BCUT2D eigenvalue weighted by Crippen LogP contribution is -2.34. The van der Waals surface area contributed by atoms with Crippen LogP contribution in [-0.2, 0) is 21.6 Å². The molecular weight excluding hydrogens is 544 g/mol. The van der Waals surface area contributed by atoms with Gasteiger partial charge in [0.2, 0.25) is 5.91 Å². The second-order valence-corrected chi connectivity index (χ2v) is 11.5. The van der Waals surface area contributed by atoms with Crippen molar-refractivity contribution in [3.05, 3.63) is 96.1 Å². The summed E-state index contributed by atoms with van der Waals surface area (Å²) in [6.07, 6.45) is 2.88. The number of nitrogens with one attached hydrogen (secondary N) is 1. The number of amides is 3. The van der Waals surface area contributed by atoms with E-state index in [4.69, 9.17) is 5.11 Å². The van der Waals surface area contributed by atoms with Gasteiger partial charge in [0, 0.05) is 49.2 Å². The van der Waals surface area contributed by atoms with Crippen LogP contribution in [0.25, 0.3) is 11.1 Å². The van der Waals surface area contributed by atoms with Crippen molar-refractivity contribution in [2.45, 2.75) is 11.8 Å². The Morgan fingerprint density at radius 3 is 2.46 bits per heavy atom. The van der Waals surface area contributed by atoms with Crippen molar-refractivity contribution in [1.29, 1.82) is 0 Å². The molecule has 0 aliphatic carbocycles. The molecule has 2 N–H and O–H groups in total. The number of carbonyl (C=O) groups excluding carboxylic acids is 3. The van der Waals surface area contributed by atoms with Crippen molar-refractivity contribution < 1.29 is 23.7 Å². The topological polar surface area (TPSA) is 147 Å². The minimum atomic E-state index is -3.48. The second-order valence-electron chi connectivity index (χ2n) is 9.32. The minimum Gasteiger partial charge on any atom is -0.395 e. The zero-order valence-electron chi connectivity index (χ0n) is 22.9.